The molecule has 0 atom stereocenters. The molecule has 0 aliphatic heterocycles. The quantitative estimate of drug-likeness (QED) is 0.456. The number of guanidine groups is 1. The first kappa shape index (κ1) is 17.3. The molecule has 0 bridgehead atoms. The van der Waals surface area contributed by atoms with Gasteiger partial charge >= 0.3 is 10.1 Å². The maximum Gasteiger partial charge on any atom is 0.325 e. The third-order valence-electron chi connectivity index (χ3n) is 2.84. The second-order valence-electron chi connectivity index (χ2n) is 4.68. The monoisotopic (exact) mass is 352 g/mol. The molecule has 3 N–H and O–H groups in total. The molecule has 0 saturated heterocycles. The predicted molar refractivity (Wildman–Crippen MR) is 87.3 cm³/mol. The molecule has 2 aromatic rings. The number of nitrogens with two attached hydrogens (primary N) is 1. The molecule has 0 fully saturated rings. The minimum atomic E-state index is -3.82. The van der Waals surface area contributed by atoms with E-state index in [2.05, 4.69) is 14.8 Å². The summed E-state index contributed by atoms with van der Waals surface area (Å²) in [7, 11) is -2.39. The molecule has 0 saturated carbocycles. The number of nitrogens with zero attached hydrogens (tertiary/aromatic N) is 2. The summed E-state index contributed by atoms with van der Waals surface area (Å²) >= 11 is 0. The van der Waals surface area contributed by atoms with Crippen molar-refractivity contribution in [2.75, 3.05) is 13.4 Å². The minimum Gasteiger partial charge on any atom is -0.496 e. The van der Waals surface area contributed by atoms with E-state index in [9.17, 15) is 13.2 Å². The molecular weight excluding hydrogens is 336 g/mol. The molecule has 1 aromatic heterocycles. The van der Waals surface area contributed by atoms with E-state index in [0.717, 1.165) is 11.9 Å². The van der Waals surface area contributed by atoms with Crippen LogP contribution in [-0.2, 0) is 14.4 Å². The number of amides is 1. The van der Waals surface area contributed by atoms with Crippen LogP contribution < -0.4 is 15.8 Å². The van der Waals surface area contributed by atoms with Crippen molar-refractivity contribution in [3.05, 3.63) is 48.3 Å². The van der Waals surface area contributed by atoms with Crippen LogP contribution in [0.1, 0.15) is 10.4 Å². The number of oxime groups is 1. The number of aromatic nitrogens is 1. The van der Waals surface area contributed by atoms with Gasteiger partial charge in [-0.25, -0.2) is 0 Å². The molecule has 0 aliphatic rings. The number of hydrogen-bond acceptors (Lipinski definition) is 6. The summed E-state index contributed by atoms with van der Waals surface area (Å²) in [5.41, 5.74) is 6.35. The summed E-state index contributed by atoms with van der Waals surface area (Å²) in [5, 5.41) is 5.34. The second-order valence-corrected chi connectivity index (χ2v) is 6.24. The van der Waals surface area contributed by atoms with Crippen molar-refractivity contribution < 1.29 is 22.2 Å². The first-order chi connectivity index (χ1) is 11.3. The van der Waals surface area contributed by atoms with E-state index in [1.54, 1.807) is 22.8 Å². The Bertz CT molecular complexity index is 859. The lowest BCUT2D eigenvalue weighted by Gasteiger charge is -2.11. The third kappa shape index (κ3) is 4.49. The highest BCUT2D eigenvalue weighted by molar-refractivity contribution is 7.85. The van der Waals surface area contributed by atoms with Gasteiger partial charge in [0.05, 0.1) is 18.9 Å². The van der Waals surface area contributed by atoms with Crippen molar-refractivity contribution in [3.63, 3.8) is 0 Å². The fourth-order valence-electron chi connectivity index (χ4n) is 1.85. The lowest BCUT2D eigenvalue weighted by atomic mass is 10.1. The van der Waals surface area contributed by atoms with Crippen LogP contribution >= 0.6 is 0 Å². The van der Waals surface area contributed by atoms with Crippen molar-refractivity contribution >= 4 is 22.0 Å². The Kier molecular flexibility index (Phi) is 5.09. The summed E-state index contributed by atoms with van der Waals surface area (Å²) in [4.78, 5) is 12.3. The molecule has 9 nitrogen and oxygen atoms in total. The SMILES string of the molecule is COc1ccc(-n2cccc2)cc1C(=O)NC(N)=NOS(C)(=O)=O. The molecule has 0 radical (unpaired) electrons. The third-order valence-corrected chi connectivity index (χ3v) is 3.19. The van der Waals surface area contributed by atoms with Crippen LogP contribution in [0.2, 0.25) is 0 Å². The maximum absolute atomic E-state index is 12.3. The number of methoxy groups -OCH3 is 1. The molecule has 10 heteroatoms. The van der Waals surface area contributed by atoms with Gasteiger partial charge in [-0.2, -0.15) is 8.42 Å². The van der Waals surface area contributed by atoms with Gasteiger partial charge in [-0.15, -0.1) is 0 Å². The van der Waals surface area contributed by atoms with Gasteiger partial charge in [0.1, 0.15) is 5.75 Å². The number of hydrogen-bond donors (Lipinski definition) is 2. The number of nitrogens with one attached hydrogen (secondary N) is 1. The van der Waals surface area contributed by atoms with E-state index in [4.69, 9.17) is 10.5 Å². The first-order valence-corrected chi connectivity index (χ1v) is 8.46. The number of ether oxygens (including phenoxy) is 1. The Balaban J connectivity index is 2.26. The van der Waals surface area contributed by atoms with Gasteiger partial charge in [0.15, 0.2) is 0 Å². The minimum absolute atomic E-state index is 0.196. The molecule has 128 valence electrons. The predicted octanol–water partition coefficient (Wildman–Crippen LogP) is 0.422. The van der Waals surface area contributed by atoms with Crippen LogP contribution in [-0.4, -0.2) is 38.2 Å². The normalized spacial score (nSPS) is 11.8. The van der Waals surface area contributed by atoms with Gasteiger partial charge in [-0.05, 0) is 35.5 Å². The summed E-state index contributed by atoms with van der Waals surface area (Å²) in [5.74, 6) is -0.807. The zero-order valence-electron chi connectivity index (χ0n) is 13.0. The van der Waals surface area contributed by atoms with Crippen LogP contribution in [0.25, 0.3) is 5.69 Å². The Morgan fingerprint density at radius 3 is 2.54 bits per heavy atom. The summed E-state index contributed by atoms with van der Waals surface area (Å²) in [6.07, 6.45) is 4.44. The average molecular weight is 352 g/mol. The van der Waals surface area contributed by atoms with Crippen molar-refractivity contribution in [2.45, 2.75) is 0 Å². The number of carbonyl (C=O) groups excluding carboxylic acids is 1. The van der Waals surface area contributed by atoms with Gasteiger partial charge in [0.25, 0.3) is 5.91 Å². The van der Waals surface area contributed by atoms with Crippen LogP contribution in [0.4, 0.5) is 0 Å². The molecule has 1 aromatic carbocycles. The summed E-state index contributed by atoms with van der Waals surface area (Å²) in [6.45, 7) is 0. The topological polar surface area (TPSA) is 125 Å². The van der Waals surface area contributed by atoms with Crippen LogP contribution in [0.5, 0.6) is 5.75 Å². The van der Waals surface area contributed by atoms with Gasteiger partial charge in [-0.1, -0.05) is 0 Å². The van der Waals surface area contributed by atoms with Gasteiger partial charge in [0.2, 0.25) is 5.96 Å². The highest BCUT2D eigenvalue weighted by atomic mass is 32.2. The van der Waals surface area contributed by atoms with E-state index >= 15 is 0 Å². The summed E-state index contributed by atoms with van der Waals surface area (Å²) in [6, 6.07) is 8.69. The molecule has 0 spiro atoms. The van der Waals surface area contributed by atoms with E-state index in [1.165, 1.54) is 7.11 Å². The highest BCUT2D eigenvalue weighted by Crippen LogP contribution is 2.22. The Labute approximate surface area is 138 Å². The molecule has 2 rings (SSSR count). The second kappa shape index (κ2) is 7.04. The van der Waals surface area contributed by atoms with Gasteiger partial charge < -0.3 is 15.0 Å². The molecule has 24 heavy (non-hydrogen) atoms. The van der Waals surface area contributed by atoms with Crippen molar-refractivity contribution in [1.29, 1.82) is 0 Å². The Hall–Kier alpha value is -3.01. The van der Waals surface area contributed by atoms with Crippen LogP contribution in [0, 0.1) is 0 Å². The zero-order valence-corrected chi connectivity index (χ0v) is 13.8. The zero-order chi connectivity index (χ0) is 17.7. The number of rotatable bonds is 5. The standard InChI is InChI=1S/C14H16N4O5S/c1-22-12-6-5-10(18-7-3-4-8-18)9-11(12)13(19)16-14(15)17-23-24(2,20)21/h3-9H,1-2H3,(H3,15,16,17,19). The molecular formula is C14H16N4O5S. The number of benzene rings is 1. The molecule has 0 unspecified atom stereocenters. The lowest BCUT2D eigenvalue weighted by molar-refractivity contribution is 0.0972. The molecule has 1 amide bonds. The molecule has 0 aliphatic carbocycles. The van der Waals surface area contributed by atoms with E-state index in [1.807, 2.05) is 24.5 Å². The largest absolute Gasteiger partial charge is 0.496 e. The Morgan fingerprint density at radius 2 is 1.96 bits per heavy atom. The van der Waals surface area contributed by atoms with Crippen molar-refractivity contribution in [3.8, 4) is 11.4 Å². The highest BCUT2D eigenvalue weighted by Gasteiger charge is 2.15. The van der Waals surface area contributed by atoms with Gasteiger partial charge in [0, 0.05) is 18.1 Å². The van der Waals surface area contributed by atoms with E-state index in [0.29, 0.717) is 5.75 Å². The summed E-state index contributed by atoms with van der Waals surface area (Å²) < 4.78 is 32.8. The average Bonchev–Trinajstić information content (AvgIpc) is 3.06. The fourth-order valence-corrected chi connectivity index (χ4v) is 2.07. The van der Waals surface area contributed by atoms with Crippen molar-refractivity contribution in [2.24, 2.45) is 10.9 Å². The van der Waals surface area contributed by atoms with Gasteiger partial charge in [-0.3, -0.25) is 14.4 Å². The van der Waals surface area contributed by atoms with Crippen molar-refractivity contribution in [1.82, 2.24) is 9.88 Å². The number of carbonyl (C=O) groups is 1. The first-order valence-electron chi connectivity index (χ1n) is 6.65. The van der Waals surface area contributed by atoms with E-state index in [-0.39, 0.29) is 5.56 Å². The fraction of sp³-hybridized carbons (Fsp3) is 0.143. The lowest BCUT2D eigenvalue weighted by Crippen LogP contribution is -2.37. The smallest absolute Gasteiger partial charge is 0.325 e. The maximum atomic E-state index is 12.3. The van der Waals surface area contributed by atoms with E-state index < -0.39 is 22.0 Å². The Morgan fingerprint density at radius 1 is 1.29 bits per heavy atom. The van der Waals surface area contributed by atoms with Crippen LogP contribution in [0.15, 0.2) is 47.9 Å². The molecule has 1 heterocycles. The van der Waals surface area contributed by atoms with Crippen LogP contribution in [0.3, 0.4) is 0 Å².